The third-order valence-electron chi connectivity index (χ3n) is 9.81. The summed E-state index contributed by atoms with van der Waals surface area (Å²) in [6.07, 6.45) is -4.21. The molecule has 1 atom stereocenters. The summed E-state index contributed by atoms with van der Waals surface area (Å²) in [4.78, 5) is 27.6. The number of alkyl halides is 7. The van der Waals surface area contributed by atoms with Crippen molar-refractivity contribution in [3.8, 4) is 0 Å². The topological polar surface area (TPSA) is 46.6 Å². The summed E-state index contributed by atoms with van der Waals surface area (Å²) >= 11 is 3.38. The third kappa shape index (κ3) is 7.77. The van der Waals surface area contributed by atoms with Crippen LogP contribution in [-0.2, 0) is 32.1 Å². The van der Waals surface area contributed by atoms with Crippen molar-refractivity contribution in [2.45, 2.75) is 94.1 Å². The first-order chi connectivity index (χ1) is 21.2. The van der Waals surface area contributed by atoms with Gasteiger partial charge in [0.05, 0.1) is 30.3 Å². The molecule has 11 heteroatoms. The lowest BCUT2D eigenvalue weighted by atomic mass is 9.63. The van der Waals surface area contributed by atoms with Crippen LogP contribution < -0.4 is 0 Å². The van der Waals surface area contributed by atoms with E-state index in [4.69, 9.17) is 4.74 Å². The molecule has 4 nitrogen and oxygen atoms in total. The lowest BCUT2D eigenvalue weighted by Crippen LogP contribution is -2.55. The molecule has 1 amide bonds. The number of Topliss-reactive ketones (excluding diaryl/α,β-unsaturated/α-hetero) is 1. The van der Waals surface area contributed by atoms with Crippen molar-refractivity contribution in [3.05, 3.63) is 70.8 Å². The molecule has 4 fully saturated rings. The number of ketones is 1. The zero-order chi connectivity index (χ0) is 32.6. The summed E-state index contributed by atoms with van der Waals surface area (Å²) in [7, 11) is 0. The summed E-state index contributed by atoms with van der Waals surface area (Å²) in [5.74, 6) is 1.26. The molecule has 2 aromatic carbocycles. The van der Waals surface area contributed by atoms with Crippen LogP contribution in [0, 0.1) is 11.8 Å². The first kappa shape index (κ1) is 33.9. The van der Waals surface area contributed by atoms with E-state index in [1.807, 2.05) is 30.3 Å². The van der Waals surface area contributed by atoms with Gasteiger partial charge in [0.15, 0.2) is 5.78 Å². The molecule has 1 spiro atoms. The summed E-state index contributed by atoms with van der Waals surface area (Å²) < 4.78 is 86.5. The van der Waals surface area contributed by atoms with Crippen LogP contribution in [0.5, 0.6) is 0 Å². The van der Waals surface area contributed by atoms with Crippen LogP contribution in [0.25, 0.3) is 0 Å². The molecule has 1 aliphatic heterocycles. The molecule has 4 aliphatic rings. The molecule has 0 radical (unpaired) electrons. The molecular weight excluding hydrogens is 664 g/mol. The molecule has 1 heterocycles. The van der Waals surface area contributed by atoms with Crippen molar-refractivity contribution < 1.29 is 40.7 Å². The first-order valence-electron chi connectivity index (χ1n) is 15.5. The van der Waals surface area contributed by atoms with Gasteiger partial charge in [-0.3, -0.25) is 9.59 Å². The average Bonchev–Trinajstić information content (AvgIpc) is 3.94. The van der Waals surface area contributed by atoms with E-state index in [2.05, 4.69) is 15.9 Å². The number of hydrogen-bond donors (Lipinski definition) is 0. The van der Waals surface area contributed by atoms with Crippen LogP contribution in [0.3, 0.4) is 0 Å². The number of nitrogens with zero attached hydrogens (tertiary/aromatic N) is 1. The minimum Gasteiger partial charge on any atom is -0.373 e. The van der Waals surface area contributed by atoms with Crippen LogP contribution in [0.1, 0.15) is 93.1 Å². The largest absolute Gasteiger partial charge is 0.416 e. The van der Waals surface area contributed by atoms with Crippen molar-refractivity contribution in [3.63, 3.8) is 0 Å². The number of ether oxygens (including phenoxy) is 1. The highest BCUT2D eigenvalue weighted by Crippen LogP contribution is 2.50. The third-order valence-corrected chi connectivity index (χ3v) is 10.7. The van der Waals surface area contributed by atoms with Crippen LogP contribution in [-0.4, -0.2) is 40.6 Å². The number of amides is 1. The number of halogens is 7. The second kappa shape index (κ2) is 13.0. The van der Waals surface area contributed by atoms with E-state index >= 15 is 0 Å². The first-order valence-corrected chi connectivity index (χ1v) is 16.7. The van der Waals surface area contributed by atoms with Gasteiger partial charge in [0, 0.05) is 17.3 Å². The van der Waals surface area contributed by atoms with E-state index in [0.29, 0.717) is 50.3 Å². The van der Waals surface area contributed by atoms with Crippen LogP contribution in [0.15, 0.2) is 48.5 Å². The molecule has 1 saturated heterocycles. The van der Waals surface area contributed by atoms with Gasteiger partial charge in [-0.05, 0) is 99.5 Å². The van der Waals surface area contributed by atoms with Crippen LogP contribution in [0.4, 0.5) is 26.3 Å². The number of carbonyl (C=O) groups is 2. The van der Waals surface area contributed by atoms with Gasteiger partial charge in [-0.25, -0.2) is 0 Å². The molecule has 0 unspecified atom stereocenters. The summed E-state index contributed by atoms with van der Waals surface area (Å²) in [6.45, 7) is 2.05. The monoisotopic (exact) mass is 701 g/mol. The van der Waals surface area contributed by atoms with Gasteiger partial charge in [0.2, 0.25) is 5.91 Å². The quantitative estimate of drug-likeness (QED) is 0.157. The maximum Gasteiger partial charge on any atom is 0.416 e. The average molecular weight is 703 g/mol. The molecule has 246 valence electrons. The predicted octanol–water partition coefficient (Wildman–Crippen LogP) is 9.06. The number of carbonyl (C=O) groups excluding carboxylic acids is 2. The zero-order valence-electron chi connectivity index (χ0n) is 25.2. The maximum absolute atomic E-state index is 13.4. The van der Waals surface area contributed by atoms with E-state index in [1.165, 1.54) is 25.1 Å². The van der Waals surface area contributed by atoms with Crippen LogP contribution >= 0.6 is 15.9 Å². The second-order valence-corrected chi connectivity index (χ2v) is 13.8. The van der Waals surface area contributed by atoms with Crippen molar-refractivity contribution in [2.24, 2.45) is 11.8 Å². The number of benzene rings is 2. The lowest BCUT2D eigenvalue weighted by Gasteiger charge is -2.48. The molecule has 0 N–H and O–H groups in total. The van der Waals surface area contributed by atoms with E-state index in [9.17, 15) is 35.9 Å². The highest BCUT2D eigenvalue weighted by molar-refractivity contribution is 9.09. The fraction of sp³-hybridized carbons (Fsp3) is 0.588. The summed E-state index contributed by atoms with van der Waals surface area (Å²) in [5.41, 5.74) is -3.54. The molecule has 45 heavy (non-hydrogen) atoms. The van der Waals surface area contributed by atoms with Gasteiger partial charge in [-0.1, -0.05) is 46.3 Å². The Balaban J connectivity index is 0.000000729. The van der Waals surface area contributed by atoms with E-state index < -0.39 is 40.5 Å². The molecule has 0 aromatic heterocycles. The number of hydrogen-bond acceptors (Lipinski definition) is 3. The summed E-state index contributed by atoms with van der Waals surface area (Å²) in [6, 6.07) is 10.9. The minimum atomic E-state index is -4.95. The van der Waals surface area contributed by atoms with Gasteiger partial charge in [-0.15, -0.1) is 0 Å². The smallest absolute Gasteiger partial charge is 0.373 e. The Morgan fingerprint density at radius 2 is 1.42 bits per heavy atom. The Hall–Kier alpha value is -2.40. The highest BCUT2D eigenvalue weighted by Gasteiger charge is 2.57. The van der Waals surface area contributed by atoms with E-state index in [-0.39, 0.29) is 36.3 Å². The fourth-order valence-electron chi connectivity index (χ4n) is 6.49. The predicted molar refractivity (Wildman–Crippen MR) is 161 cm³/mol. The van der Waals surface area contributed by atoms with Crippen molar-refractivity contribution in [1.29, 1.82) is 0 Å². The van der Waals surface area contributed by atoms with E-state index in [0.717, 1.165) is 24.3 Å². The maximum atomic E-state index is 13.4. The number of likely N-dealkylation sites (tertiary alicyclic amines) is 1. The Labute approximate surface area is 268 Å². The molecule has 3 aliphatic carbocycles. The lowest BCUT2D eigenvalue weighted by molar-refractivity contribution is -0.143. The zero-order valence-corrected chi connectivity index (χ0v) is 26.7. The van der Waals surface area contributed by atoms with Gasteiger partial charge in [-0.2, -0.15) is 26.3 Å². The number of rotatable bonds is 8. The SMILES string of the molecule is BrCC1CC1.C[C@@H](OCC1(c2ccccc2)CCC2(CC1)C(=O)CC(=O)N2CC1CC1)c1cc(C(F)(F)F)cc(C(F)(F)F)c1. The summed E-state index contributed by atoms with van der Waals surface area (Å²) in [5, 5.41) is 1.23. The van der Waals surface area contributed by atoms with Gasteiger partial charge in [0.25, 0.3) is 0 Å². The van der Waals surface area contributed by atoms with E-state index in [1.54, 1.807) is 4.90 Å². The van der Waals surface area contributed by atoms with Crippen LogP contribution in [0.2, 0.25) is 0 Å². The Bertz CT molecular complexity index is 1330. The molecule has 6 rings (SSSR count). The van der Waals surface area contributed by atoms with Gasteiger partial charge in [0.1, 0.15) is 5.54 Å². The second-order valence-electron chi connectivity index (χ2n) is 13.1. The molecule has 3 saturated carbocycles. The fourth-order valence-corrected chi connectivity index (χ4v) is 7.13. The Kier molecular flexibility index (Phi) is 9.81. The molecule has 2 aromatic rings. The standard InChI is InChI=1S/C30H31F6NO3.C4H7Br/c1-19(21-13-23(29(31,32)33)15-24(14-21)30(34,35)36)40-18-27(22-5-3-2-4-6-22)9-11-28(12-10-27)25(38)16-26(39)37(28)17-20-7-8-20;5-3-4-1-2-4/h2-6,13-15,19-20H,7-12,16-18H2,1H3;4H,1-3H2/t19-,27?,28?;/m1./s1. The van der Waals surface area contributed by atoms with Crippen molar-refractivity contribution >= 4 is 27.6 Å². The highest BCUT2D eigenvalue weighted by atomic mass is 79.9. The van der Waals surface area contributed by atoms with Crippen molar-refractivity contribution in [1.82, 2.24) is 4.90 Å². The minimum absolute atomic E-state index is 0.0383. The Morgan fingerprint density at radius 1 is 0.867 bits per heavy atom. The van der Waals surface area contributed by atoms with Gasteiger partial charge >= 0.3 is 12.4 Å². The van der Waals surface area contributed by atoms with Crippen molar-refractivity contribution in [2.75, 3.05) is 18.5 Å². The Morgan fingerprint density at radius 3 is 1.89 bits per heavy atom. The normalized spacial score (nSPS) is 26.2. The van der Waals surface area contributed by atoms with Gasteiger partial charge < -0.3 is 9.64 Å². The molecular formula is C34H38BrF6NO3. The molecule has 0 bridgehead atoms.